The number of methoxy groups -OCH3 is 1. The second kappa shape index (κ2) is 7.33. The van der Waals surface area contributed by atoms with Gasteiger partial charge in [0.2, 0.25) is 0 Å². The summed E-state index contributed by atoms with van der Waals surface area (Å²) >= 11 is 0. The van der Waals surface area contributed by atoms with E-state index in [9.17, 15) is 5.11 Å². The Morgan fingerprint density at radius 3 is 2.81 bits per heavy atom. The number of benzene rings is 1. The van der Waals surface area contributed by atoms with Gasteiger partial charge in [0.05, 0.1) is 13.3 Å². The summed E-state index contributed by atoms with van der Waals surface area (Å²) in [6.45, 7) is 1.20. The number of nitrogens with zero attached hydrogens (tertiary/aromatic N) is 4. The molecule has 0 amide bonds. The number of fused-ring (bicyclic) bond motifs is 1. The summed E-state index contributed by atoms with van der Waals surface area (Å²) in [6, 6.07) is 10.3. The molecule has 26 heavy (non-hydrogen) atoms. The average molecular weight is 352 g/mol. The van der Waals surface area contributed by atoms with Crippen molar-refractivity contribution in [2.75, 3.05) is 25.2 Å². The fourth-order valence-electron chi connectivity index (χ4n) is 3.82. The quantitative estimate of drug-likeness (QED) is 0.764. The summed E-state index contributed by atoms with van der Waals surface area (Å²) in [5, 5.41) is 14.0. The van der Waals surface area contributed by atoms with Crippen molar-refractivity contribution < 1.29 is 9.84 Å². The van der Waals surface area contributed by atoms with Crippen molar-refractivity contribution in [1.82, 2.24) is 14.6 Å². The van der Waals surface area contributed by atoms with Crippen LogP contribution in [0.25, 0.3) is 16.8 Å². The van der Waals surface area contributed by atoms with E-state index in [4.69, 9.17) is 4.74 Å². The minimum Gasteiger partial charge on any atom is -0.497 e. The van der Waals surface area contributed by atoms with Crippen LogP contribution in [-0.4, -0.2) is 46.0 Å². The highest BCUT2D eigenvalue weighted by Crippen LogP contribution is 2.30. The number of hydrogen-bond acceptors (Lipinski definition) is 5. The number of aromatic nitrogens is 3. The van der Waals surface area contributed by atoms with Crippen LogP contribution in [0.2, 0.25) is 0 Å². The molecule has 4 rings (SSSR count). The molecule has 0 saturated carbocycles. The summed E-state index contributed by atoms with van der Waals surface area (Å²) in [5.74, 6) is 1.88. The molecule has 136 valence electrons. The van der Waals surface area contributed by atoms with Crippen LogP contribution in [0, 0.1) is 0 Å². The topological polar surface area (TPSA) is 62.9 Å². The van der Waals surface area contributed by atoms with E-state index in [2.05, 4.69) is 15.0 Å². The molecule has 1 aliphatic heterocycles. The van der Waals surface area contributed by atoms with Gasteiger partial charge in [0.1, 0.15) is 11.6 Å². The normalized spacial score (nSPS) is 17.6. The smallest absolute Gasteiger partial charge is 0.165 e. The summed E-state index contributed by atoms with van der Waals surface area (Å²) in [7, 11) is 1.67. The zero-order chi connectivity index (χ0) is 17.9. The number of ether oxygens (including phenoxy) is 1. The van der Waals surface area contributed by atoms with E-state index in [1.54, 1.807) is 7.11 Å². The van der Waals surface area contributed by atoms with Crippen LogP contribution in [0.5, 0.6) is 5.75 Å². The molecule has 2 aromatic heterocycles. The molecule has 1 unspecified atom stereocenters. The molecule has 6 heteroatoms. The maximum Gasteiger partial charge on any atom is 0.165 e. The van der Waals surface area contributed by atoms with Crippen molar-refractivity contribution in [3.63, 3.8) is 0 Å². The highest BCUT2D eigenvalue weighted by atomic mass is 16.5. The van der Waals surface area contributed by atoms with E-state index in [1.807, 2.05) is 47.2 Å². The number of piperidine rings is 1. The third-order valence-electron chi connectivity index (χ3n) is 5.17. The maximum absolute atomic E-state index is 9.42. The van der Waals surface area contributed by atoms with Gasteiger partial charge in [-0.3, -0.25) is 0 Å². The first-order chi connectivity index (χ1) is 12.8. The van der Waals surface area contributed by atoms with E-state index in [0.29, 0.717) is 6.04 Å². The third kappa shape index (κ3) is 3.01. The Morgan fingerprint density at radius 1 is 1.19 bits per heavy atom. The molecule has 1 fully saturated rings. The zero-order valence-corrected chi connectivity index (χ0v) is 15.0. The lowest BCUT2D eigenvalue weighted by Gasteiger charge is -2.37. The van der Waals surface area contributed by atoms with Crippen LogP contribution in [0.1, 0.15) is 25.7 Å². The van der Waals surface area contributed by atoms with Gasteiger partial charge < -0.3 is 14.7 Å². The van der Waals surface area contributed by atoms with Crippen LogP contribution < -0.4 is 9.64 Å². The molecule has 0 radical (unpaired) electrons. The van der Waals surface area contributed by atoms with Crippen LogP contribution in [-0.2, 0) is 0 Å². The summed E-state index contributed by atoms with van der Waals surface area (Å²) in [6.07, 6.45) is 8.00. The van der Waals surface area contributed by atoms with Gasteiger partial charge in [0, 0.05) is 31.0 Å². The monoisotopic (exact) mass is 352 g/mol. The van der Waals surface area contributed by atoms with Gasteiger partial charge in [0.25, 0.3) is 0 Å². The minimum absolute atomic E-state index is 0.214. The van der Waals surface area contributed by atoms with Crippen LogP contribution >= 0.6 is 0 Å². The van der Waals surface area contributed by atoms with Crippen molar-refractivity contribution in [3.8, 4) is 16.9 Å². The van der Waals surface area contributed by atoms with Crippen molar-refractivity contribution in [2.24, 2.45) is 0 Å². The molecule has 1 aliphatic rings. The Balaban J connectivity index is 1.74. The molecular formula is C20H24N4O2. The summed E-state index contributed by atoms with van der Waals surface area (Å²) in [4.78, 5) is 6.95. The fraction of sp³-hybridized carbons (Fsp3) is 0.400. The average Bonchev–Trinajstić information content (AvgIpc) is 3.13. The number of aliphatic hydroxyl groups excluding tert-OH is 1. The predicted octanol–water partition coefficient (Wildman–Crippen LogP) is 3.15. The van der Waals surface area contributed by atoms with Gasteiger partial charge in [0.15, 0.2) is 5.65 Å². The van der Waals surface area contributed by atoms with E-state index in [1.165, 1.54) is 12.8 Å². The second-order valence-electron chi connectivity index (χ2n) is 6.68. The van der Waals surface area contributed by atoms with Crippen molar-refractivity contribution in [2.45, 2.75) is 31.7 Å². The molecule has 3 aromatic rings. The molecule has 1 atom stereocenters. The largest absolute Gasteiger partial charge is 0.497 e. The van der Waals surface area contributed by atoms with E-state index in [-0.39, 0.29) is 6.61 Å². The lowest BCUT2D eigenvalue weighted by molar-refractivity contribution is 0.262. The van der Waals surface area contributed by atoms with Crippen molar-refractivity contribution in [1.29, 1.82) is 0 Å². The first kappa shape index (κ1) is 16.8. The second-order valence-corrected chi connectivity index (χ2v) is 6.68. The molecule has 1 aromatic carbocycles. The fourth-order valence-corrected chi connectivity index (χ4v) is 3.82. The zero-order valence-electron chi connectivity index (χ0n) is 15.0. The Kier molecular flexibility index (Phi) is 4.75. The Morgan fingerprint density at radius 2 is 2.04 bits per heavy atom. The molecular weight excluding hydrogens is 328 g/mol. The first-order valence-corrected chi connectivity index (χ1v) is 9.16. The number of aliphatic hydroxyl groups is 1. The molecule has 1 saturated heterocycles. The Bertz CT molecular complexity index is 873. The van der Waals surface area contributed by atoms with E-state index >= 15 is 0 Å². The maximum atomic E-state index is 9.42. The first-order valence-electron chi connectivity index (χ1n) is 9.16. The van der Waals surface area contributed by atoms with Gasteiger partial charge in [-0.15, -0.1) is 0 Å². The molecule has 3 heterocycles. The Hall–Kier alpha value is -2.60. The Labute approximate surface area is 153 Å². The van der Waals surface area contributed by atoms with Gasteiger partial charge in [-0.1, -0.05) is 12.1 Å². The number of rotatable bonds is 5. The highest BCUT2D eigenvalue weighted by molar-refractivity contribution is 5.78. The summed E-state index contributed by atoms with van der Waals surface area (Å²) in [5.41, 5.74) is 2.92. The molecule has 0 aliphatic carbocycles. The lowest BCUT2D eigenvalue weighted by atomic mass is 9.99. The van der Waals surface area contributed by atoms with Gasteiger partial charge in [-0.25, -0.2) is 4.98 Å². The molecule has 1 N–H and O–H groups in total. The SMILES string of the molecule is COc1ccc(-c2cnn3c(N4CCCCC4CCO)ccnc23)cc1. The van der Waals surface area contributed by atoms with Crippen LogP contribution in [0.3, 0.4) is 0 Å². The number of anilines is 1. The molecule has 6 nitrogen and oxygen atoms in total. The minimum atomic E-state index is 0.214. The van der Waals surface area contributed by atoms with E-state index in [0.717, 1.165) is 47.7 Å². The van der Waals surface area contributed by atoms with Gasteiger partial charge >= 0.3 is 0 Å². The molecule has 0 spiro atoms. The predicted molar refractivity (Wildman–Crippen MR) is 102 cm³/mol. The standard InChI is InChI=1S/C20H24N4O2/c1-26-17-7-5-15(6-8-17)18-14-22-24-19(9-11-21-20(18)24)23-12-3-2-4-16(23)10-13-25/h5-9,11,14,16,25H,2-4,10,12-13H2,1H3. The lowest BCUT2D eigenvalue weighted by Crippen LogP contribution is -2.41. The summed E-state index contributed by atoms with van der Waals surface area (Å²) < 4.78 is 7.17. The van der Waals surface area contributed by atoms with Crippen LogP contribution in [0.15, 0.2) is 42.7 Å². The van der Waals surface area contributed by atoms with Gasteiger partial charge in [-0.2, -0.15) is 9.61 Å². The molecule has 0 bridgehead atoms. The number of hydrogen-bond donors (Lipinski definition) is 1. The third-order valence-corrected chi connectivity index (χ3v) is 5.17. The van der Waals surface area contributed by atoms with E-state index < -0.39 is 0 Å². The van der Waals surface area contributed by atoms with Crippen molar-refractivity contribution in [3.05, 3.63) is 42.7 Å². The van der Waals surface area contributed by atoms with Gasteiger partial charge in [-0.05, 0) is 49.4 Å². The van der Waals surface area contributed by atoms with Crippen molar-refractivity contribution >= 4 is 11.5 Å². The van der Waals surface area contributed by atoms with Crippen LogP contribution in [0.4, 0.5) is 5.82 Å². The highest BCUT2D eigenvalue weighted by Gasteiger charge is 2.25.